The molecule has 1 saturated heterocycles. The summed E-state index contributed by atoms with van der Waals surface area (Å²) < 4.78 is 13.5. The molecule has 1 atom stereocenters. The van der Waals surface area contributed by atoms with E-state index in [9.17, 15) is 0 Å². The van der Waals surface area contributed by atoms with Gasteiger partial charge in [-0.25, -0.2) is 0 Å². The van der Waals surface area contributed by atoms with Gasteiger partial charge in [-0.2, -0.15) is 5.10 Å². The van der Waals surface area contributed by atoms with Gasteiger partial charge >= 0.3 is 0 Å². The van der Waals surface area contributed by atoms with Gasteiger partial charge in [0.2, 0.25) is 0 Å². The van der Waals surface area contributed by atoms with Crippen molar-refractivity contribution in [3.8, 4) is 5.75 Å². The van der Waals surface area contributed by atoms with E-state index in [1.807, 2.05) is 36.3 Å². The van der Waals surface area contributed by atoms with Crippen LogP contribution in [0.5, 0.6) is 5.75 Å². The first-order chi connectivity index (χ1) is 13.7. The van der Waals surface area contributed by atoms with Crippen LogP contribution in [0.4, 0.5) is 0 Å². The molecule has 1 N–H and O–H groups in total. The Balaban J connectivity index is 0.00000300. The zero-order valence-corrected chi connectivity index (χ0v) is 19.8. The third-order valence-corrected chi connectivity index (χ3v) is 4.65. The smallest absolute Gasteiger partial charge is 0.194 e. The molecule has 0 radical (unpaired) electrons. The molecule has 1 aliphatic heterocycles. The normalized spacial score (nSPS) is 17.0. The molecule has 29 heavy (non-hydrogen) atoms. The lowest BCUT2D eigenvalue weighted by atomic mass is 10.1. The molecule has 0 aliphatic carbocycles. The highest BCUT2D eigenvalue weighted by Gasteiger charge is 2.25. The molecule has 7 nitrogen and oxygen atoms in total. The maximum atomic E-state index is 5.94. The van der Waals surface area contributed by atoms with Crippen molar-refractivity contribution < 1.29 is 9.47 Å². The highest BCUT2D eigenvalue weighted by atomic mass is 127. The van der Waals surface area contributed by atoms with Crippen molar-refractivity contribution in [2.75, 3.05) is 39.4 Å². The van der Waals surface area contributed by atoms with E-state index in [4.69, 9.17) is 14.5 Å². The van der Waals surface area contributed by atoms with Gasteiger partial charge in [0.1, 0.15) is 11.9 Å². The zero-order chi connectivity index (χ0) is 19.8. The lowest BCUT2D eigenvalue weighted by molar-refractivity contribution is -0.00804. The van der Waals surface area contributed by atoms with E-state index in [0.29, 0.717) is 13.2 Å². The van der Waals surface area contributed by atoms with E-state index in [0.717, 1.165) is 49.9 Å². The largest absolute Gasteiger partial charge is 0.494 e. The number of nitrogens with one attached hydrogen (secondary N) is 1. The minimum atomic E-state index is 0. The summed E-state index contributed by atoms with van der Waals surface area (Å²) in [4.78, 5) is 7.06. The number of ether oxygens (including phenoxy) is 2. The van der Waals surface area contributed by atoms with Crippen molar-refractivity contribution >= 4 is 29.9 Å². The molecule has 0 amide bonds. The average molecular weight is 513 g/mol. The first-order valence-electron chi connectivity index (χ1n) is 9.98. The molecule has 1 aromatic heterocycles. The van der Waals surface area contributed by atoms with Crippen molar-refractivity contribution in [2.24, 2.45) is 12.0 Å². The number of aromatic nitrogens is 2. The van der Waals surface area contributed by atoms with E-state index < -0.39 is 0 Å². The van der Waals surface area contributed by atoms with Crippen LogP contribution in [0.15, 0.2) is 41.7 Å². The molecule has 1 unspecified atom stereocenters. The fourth-order valence-electron chi connectivity index (χ4n) is 3.15. The van der Waals surface area contributed by atoms with Gasteiger partial charge in [0, 0.05) is 44.9 Å². The maximum Gasteiger partial charge on any atom is 0.194 e. The van der Waals surface area contributed by atoms with Crippen molar-refractivity contribution in [3.63, 3.8) is 0 Å². The van der Waals surface area contributed by atoms with E-state index >= 15 is 0 Å². The average Bonchev–Trinajstić information content (AvgIpc) is 3.15. The summed E-state index contributed by atoms with van der Waals surface area (Å²) >= 11 is 0. The molecular formula is C21H32IN5O2. The summed E-state index contributed by atoms with van der Waals surface area (Å²) in [5.41, 5.74) is 2.34. The van der Waals surface area contributed by atoms with Gasteiger partial charge in [-0.15, -0.1) is 24.0 Å². The Bertz CT molecular complexity index is 763. The Morgan fingerprint density at radius 1 is 1.34 bits per heavy atom. The van der Waals surface area contributed by atoms with Crippen LogP contribution in [0.3, 0.4) is 0 Å². The molecule has 2 aromatic rings. The highest BCUT2D eigenvalue weighted by molar-refractivity contribution is 14.0. The number of benzene rings is 1. The number of hydrogen-bond donors (Lipinski definition) is 1. The number of aliphatic imine (C=N–C) groups is 1. The van der Waals surface area contributed by atoms with Crippen molar-refractivity contribution in [3.05, 3.63) is 47.8 Å². The van der Waals surface area contributed by atoms with Crippen LogP contribution < -0.4 is 10.1 Å². The number of nitrogens with zero attached hydrogens (tertiary/aromatic N) is 4. The summed E-state index contributed by atoms with van der Waals surface area (Å²) in [7, 11) is 1.92. The second-order valence-electron chi connectivity index (χ2n) is 7.00. The maximum absolute atomic E-state index is 5.94. The van der Waals surface area contributed by atoms with E-state index in [1.54, 1.807) is 0 Å². The Kier molecular flexibility index (Phi) is 9.72. The summed E-state index contributed by atoms with van der Waals surface area (Å²) in [6.07, 6.45) is 4.79. The predicted molar refractivity (Wildman–Crippen MR) is 126 cm³/mol. The van der Waals surface area contributed by atoms with Gasteiger partial charge in [-0.05, 0) is 26.0 Å². The minimum Gasteiger partial charge on any atom is -0.494 e. The van der Waals surface area contributed by atoms with Crippen molar-refractivity contribution in [1.29, 1.82) is 0 Å². The molecule has 160 valence electrons. The van der Waals surface area contributed by atoms with Crippen LogP contribution in [0.25, 0.3) is 0 Å². The molecule has 3 rings (SSSR count). The van der Waals surface area contributed by atoms with E-state index in [-0.39, 0.29) is 30.1 Å². The van der Waals surface area contributed by atoms with Crippen LogP contribution in [0, 0.1) is 6.92 Å². The van der Waals surface area contributed by atoms with Crippen LogP contribution in [0.2, 0.25) is 0 Å². The molecule has 0 saturated carbocycles. The molecule has 0 spiro atoms. The lowest BCUT2D eigenvalue weighted by Gasteiger charge is -2.34. The molecule has 1 aliphatic rings. The van der Waals surface area contributed by atoms with Gasteiger partial charge in [0.15, 0.2) is 5.96 Å². The number of aryl methyl sites for hydroxylation is 2. The standard InChI is InChI=1S/C21H31N5O2.HI/c1-4-22-21(23-10-5-12-27-19-8-6-17(2)7-9-19)26-11-13-28-20(16-26)18-14-24-25(3)15-18;/h6-9,14-15,20H,4-5,10-13,16H2,1-3H3,(H,22,23);1H. The Morgan fingerprint density at radius 3 is 2.83 bits per heavy atom. The molecule has 1 fully saturated rings. The van der Waals surface area contributed by atoms with Crippen LogP contribution >= 0.6 is 24.0 Å². The van der Waals surface area contributed by atoms with Gasteiger partial charge in [0.25, 0.3) is 0 Å². The second-order valence-corrected chi connectivity index (χ2v) is 7.00. The first kappa shape index (κ1) is 23.5. The van der Waals surface area contributed by atoms with Crippen LogP contribution in [0.1, 0.15) is 30.6 Å². The molecule has 1 aromatic carbocycles. The molecule has 8 heteroatoms. The number of halogens is 1. The topological polar surface area (TPSA) is 63.9 Å². The van der Waals surface area contributed by atoms with Crippen molar-refractivity contribution in [2.45, 2.75) is 26.4 Å². The Morgan fingerprint density at radius 2 is 2.14 bits per heavy atom. The summed E-state index contributed by atoms with van der Waals surface area (Å²) in [6.45, 7) is 8.69. The van der Waals surface area contributed by atoms with Crippen LogP contribution in [-0.2, 0) is 11.8 Å². The minimum absolute atomic E-state index is 0. The van der Waals surface area contributed by atoms with Crippen molar-refractivity contribution in [1.82, 2.24) is 20.0 Å². The summed E-state index contributed by atoms with van der Waals surface area (Å²) in [5, 5.41) is 7.66. The number of rotatable bonds is 7. The van der Waals surface area contributed by atoms with E-state index in [1.165, 1.54) is 5.56 Å². The fraction of sp³-hybridized carbons (Fsp3) is 0.524. The Labute approximate surface area is 190 Å². The SMILES string of the molecule is CCNC(=NCCCOc1ccc(C)cc1)N1CCOC(c2cnn(C)c2)C1.I. The zero-order valence-electron chi connectivity index (χ0n) is 17.5. The fourth-order valence-corrected chi connectivity index (χ4v) is 3.15. The number of hydrogen-bond acceptors (Lipinski definition) is 4. The third kappa shape index (κ3) is 7.18. The number of guanidine groups is 1. The predicted octanol–water partition coefficient (Wildman–Crippen LogP) is 3.15. The van der Waals surface area contributed by atoms with Crippen LogP contribution in [-0.4, -0.2) is 60.0 Å². The molecule has 2 heterocycles. The van der Waals surface area contributed by atoms with Gasteiger partial charge < -0.3 is 19.7 Å². The molecular weight excluding hydrogens is 481 g/mol. The monoisotopic (exact) mass is 513 g/mol. The lowest BCUT2D eigenvalue weighted by Crippen LogP contribution is -2.48. The number of morpholine rings is 1. The first-order valence-corrected chi connectivity index (χ1v) is 9.98. The van der Waals surface area contributed by atoms with Gasteiger partial charge in [-0.1, -0.05) is 17.7 Å². The molecule has 0 bridgehead atoms. The second kappa shape index (κ2) is 12.0. The quantitative estimate of drug-likeness (QED) is 0.267. The third-order valence-electron chi connectivity index (χ3n) is 4.65. The van der Waals surface area contributed by atoms with E-state index in [2.05, 4.69) is 41.3 Å². The van der Waals surface area contributed by atoms with Gasteiger partial charge in [-0.3, -0.25) is 9.67 Å². The highest BCUT2D eigenvalue weighted by Crippen LogP contribution is 2.21. The summed E-state index contributed by atoms with van der Waals surface area (Å²) in [6, 6.07) is 8.14. The summed E-state index contributed by atoms with van der Waals surface area (Å²) in [5.74, 6) is 1.85. The van der Waals surface area contributed by atoms with Gasteiger partial charge in [0.05, 0.1) is 26.0 Å². The Hall–Kier alpha value is -1.81.